The van der Waals surface area contributed by atoms with Crippen molar-refractivity contribution in [1.29, 1.82) is 0 Å². The molecule has 0 bridgehead atoms. The average Bonchev–Trinajstić information content (AvgIpc) is 2.45. The number of anilines is 1. The van der Waals surface area contributed by atoms with Crippen molar-refractivity contribution in [3.05, 3.63) is 51.4 Å². The third-order valence-corrected chi connectivity index (χ3v) is 4.05. The summed E-state index contributed by atoms with van der Waals surface area (Å²) < 4.78 is 1.10. The van der Waals surface area contributed by atoms with Crippen LogP contribution in [0.4, 0.5) is 5.82 Å². The zero-order chi connectivity index (χ0) is 14.5. The summed E-state index contributed by atoms with van der Waals surface area (Å²) in [7, 11) is 0. The van der Waals surface area contributed by atoms with E-state index in [1.807, 2.05) is 12.1 Å². The molecule has 0 amide bonds. The zero-order valence-corrected chi connectivity index (χ0v) is 13.8. The van der Waals surface area contributed by atoms with E-state index in [2.05, 4.69) is 59.1 Å². The van der Waals surface area contributed by atoms with Crippen LogP contribution in [0.2, 0.25) is 0 Å². The Bertz CT molecular complexity index is 596. The highest BCUT2D eigenvalue weighted by molar-refractivity contribution is 9.10. The molecule has 0 aliphatic carbocycles. The van der Waals surface area contributed by atoms with Crippen molar-refractivity contribution < 1.29 is 0 Å². The smallest absolute Gasteiger partial charge is 0.135 e. The highest BCUT2D eigenvalue weighted by atomic mass is 79.9. The fourth-order valence-corrected chi connectivity index (χ4v) is 2.61. The average molecular weight is 334 g/mol. The van der Waals surface area contributed by atoms with Crippen molar-refractivity contribution in [2.24, 2.45) is 0 Å². The minimum atomic E-state index is 0.743. The Kier molecular flexibility index (Phi) is 5.12. The number of nitrogens with zero attached hydrogens (tertiary/aromatic N) is 2. The molecule has 0 saturated heterocycles. The van der Waals surface area contributed by atoms with Gasteiger partial charge in [-0.3, -0.25) is 0 Å². The largest absolute Gasteiger partial charge is 0.370 e. The molecule has 1 aromatic heterocycles. The van der Waals surface area contributed by atoms with E-state index in [9.17, 15) is 0 Å². The van der Waals surface area contributed by atoms with Crippen LogP contribution in [0, 0.1) is 6.92 Å². The molecule has 2 aromatic rings. The topological polar surface area (TPSA) is 37.8 Å². The summed E-state index contributed by atoms with van der Waals surface area (Å²) in [4.78, 5) is 9.36. The van der Waals surface area contributed by atoms with Crippen LogP contribution >= 0.6 is 15.9 Å². The SMILES string of the molecule is CCNc1nc(Cc2ccccc2Br)nc(CC)c1C. The first-order valence-corrected chi connectivity index (χ1v) is 7.78. The number of benzene rings is 1. The lowest BCUT2D eigenvalue weighted by molar-refractivity contribution is 0.885. The van der Waals surface area contributed by atoms with E-state index in [1.165, 1.54) is 5.56 Å². The first-order valence-electron chi connectivity index (χ1n) is 6.99. The standard InChI is InChI=1S/C16H20BrN3/c1-4-14-11(3)16(18-5-2)20-15(19-14)10-12-8-6-7-9-13(12)17/h6-9H,4-5,10H2,1-3H3,(H,18,19,20). The highest BCUT2D eigenvalue weighted by Crippen LogP contribution is 2.21. The van der Waals surface area contributed by atoms with Crippen LogP contribution in [0.25, 0.3) is 0 Å². The molecule has 1 N–H and O–H groups in total. The predicted molar refractivity (Wildman–Crippen MR) is 87.3 cm³/mol. The number of halogens is 1. The normalized spacial score (nSPS) is 10.6. The van der Waals surface area contributed by atoms with Crippen molar-refractivity contribution in [3.63, 3.8) is 0 Å². The second-order valence-corrected chi connectivity index (χ2v) is 5.57. The second-order valence-electron chi connectivity index (χ2n) is 4.71. The van der Waals surface area contributed by atoms with Gasteiger partial charge in [0, 0.05) is 28.7 Å². The van der Waals surface area contributed by atoms with Crippen LogP contribution in [0.5, 0.6) is 0 Å². The van der Waals surface area contributed by atoms with E-state index >= 15 is 0 Å². The maximum atomic E-state index is 4.70. The van der Waals surface area contributed by atoms with Crippen molar-refractivity contribution in [3.8, 4) is 0 Å². The first kappa shape index (κ1) is 15.0. The van der Waals surface area contributed by atoms with Crippen LogP contribution in [-0.4, -0.2) is 16.5 Å². The van der Waals surface area contributed by atoms with Gasteiger partial charge >= 0.3 is 0 Å². The summed E-state index contributed by atoms with van der Waals surface area (Å²) in [5.41, 5.74) is 3.49. The summed E-state index contributed by atoms with van der Waals surface area (Å²) in [6, 6.07) is 8.21. The Morgan fingerprint density at radius 3 is 2.55 bits per heavy atom. The summed E-state index contributed by atoms with van der Waals surface area (Å²) >= 11 is 3.58. The first-order chi connectivity index (χ1) is 9.65. The molecule has 20 heavy (non-hydrogen) atoms. The van der Waals surface area contributed by atoms with Crippen molar-refractivity contribution in [2.45, 2.75) is 33.6 Å². The van der Waals surface area contributed by atoms with Crippen LogP contribution < -0.4 is 5.32 Å². The fraction of sp³-hybridized carbons (Fsp3) is 0.375. The summed E-state index contributed by atoms with van der Waals surface area (Å²) in [6.07, 6.45) is 1.67. The van der Waals surface area contributed by atoms with Gasteiger partial charge in [-0.1, -0.05) is 41.1 Å². The molecule has 1 heterocycles. The molecule has 2 rings (SSSR count). The van der Waals surface area contributed by atoms with Gasteiger partial charge < -0.3 is 5.32 Å². The molecule has 0 unspecified atom stereocenters. The maximum absolute atomic E-state index is 4.70. The number of rotatable bonds is 5. The minimum Gasteiger partial charge on any atom is -0.370 e. The van der Waals surface area contributed by atoms with Gasteiger partial charge in [-0.15, -0.1) is 0 Å². The molecular weight excluding hydrogens is 314 g/mol. The quantitative estimate of drug-likeness (QED) is 0.893. The molecule has 0 radical (unpaired) electrons. The third-order valence-electron chi connectivity index (χ3n) is 3.28. The molecule has 0 saturated carbocycles. The third kappa shape index (κ3) is 3.37. The van der Waals surface area contributed by atoms with E-state index in [0.717, 1.165) is 46.8 Å². The molecule has 1 aromatic carbocycles. The number of aromatic nitrogens is 2. The Morgan fingerprint density at radius 1 is 1.15 bits per heavy atom. The van der Waals surface area contributed by atoms with E-state index in [1.54, 1.807) is 0 Å². The Balaban J connectivity index is 2.37. The predicted octanol–water partition coefficient (Wildman–Crippen LogP) is 4.13. The van der Waals surface area contributed by atoms with Crippen molar-refractivity contribution in [2.75, 3.05) is 11.9 Å². The van der Waals surface area contributed by atoms with Crippen molar-refractivity contribution >= 4 is 21.7 Å². The lowest BCUT2D eigenvalue weighted by Gasteiger charge is -2.13. The monoisotopic (exact) mass is 333 g/mol. The molecule has 0 aliphatic heterocycles. The van der Waals surface area contributed by atoms with Gasteiger partial charge in [-0.05, 0) is 31.9 Å². The van der Waals surface area contributed by atoms with Gasteiger partial charge in [-0.25, -0.2) is 9.97 Å². The van der Waals surface area contributed by atoms with Gasteiger partial charge in [0.05, 0.1) is 0 Å². The number of hydrogen-bond acceptors (Lipinski definition) is 3. The molecule has 0 spiro atoms. The summed E-state index contributed by atoms with van der Waals surface area (Å²) in [6.45, 7) is 7.17. The Hall–Kier alpha value is -1.42. The lowest BCUT2D eigenvalue weighted by Crippen LogP contribution is -2.09. The van der Waals surface area contributed by atoms with Gasteiger partial charge in [-0.2, -0.15) is 0 Å². The second kappa shape index (κ2) is 6.84. The fourth-order valence-electron chi connectivity index (χ4n) is 2.19. The molecule has 0 atom stereocenters. The van der Waals surface area contributed by atoms with Crippen LogP contribution in [0.15, 0.2) is 28.7 Å². The Labute approximate surface area is 129 Å². The summed E-state index contributed by atoms with van der Waals surface area (Å²) in [5, 5.41) is 3.33. The maximum Gasteiger partial charge on any atom is 0.135 e. The van der Waals surface area contributed by atoms with Crippen LogP contribution in [0.3, 0.4) is 0 Å². The number of aryl methyl sites for hydroxylation is 1. The highest BCUT2D eigenvalue weighted by Gasteiger charge is 2.10. The Morgan fingerprint density at radius 2 is 1.90 bits per heavy atom. The molecule has 0 aliphatic rings. The van der Waals surface area contributed by atoms with Crippen LogP contribution in [0.1, 0.15) is 36.5 Å². The van der Waals surface area contributed by atoms with E-state index in [0.29, 0.717) is 0 Å². The zero-order valence-electron chi connectivity index (χ0n) is 12.2. The van der Waals surface area contributed by atoms with Gasteiger partial charge in [0.2, 0.25) is 0 Å². The van der Waals surface area contributed by atoms with E-state index in [-0.39, 0.29) is 0 Å². The summed E-state index contributed by atoms with van der Waals surface area (Å²) in [5.74, 6) is 1.83. The molecular formula is C16H20BrN3. The van der Waals surface area contributed by atoms with Gasteiger partial charge in [0.25, 0.3) is 0 Å². The number of nitrogens with one attached hydrogen (secondary N) is 1. The van der Waals surface area contributed by atoms with Gasteiger partial charge in [0.1, 0.15) is 11.6 Å². The minimum absolute atomic E-state index is 0.743. The van der Waals surface area contributed by atoms with E-state index < -0.39 is 0 Å². The number of hydrogen-bond donors (Lipinski definition) is 1. The van der Waals surface area contributed by atoms with Crippen molar-refractivity contribution in [1.82, 2.24) is 9.97 Å². The van der Waals surface area contributed by atoms with Gasteiger partial charge in [0.15, 0.2) is 0 Å². The lowest BCUT2D eigenvalue weighted by atomic mass is 10.1. The molecule has 0 fully saturated rings. The molecule has 3 nitrogen and oxygen atoms in total. The molecule has 4 heteroatoms. The molecule has 106 valence electrons. The van der Waals surface area contributed by atoms with Crippen LogP contribution in [-0.2, 0) is 12.8 Å². The van der Waals surface area contributed by atoms with E-state index in [4.69, 9.17) is 4.98 Å².